The molecule has 0 fully saturated rings. The highest BCUT2D eigenvalue weighted by Gasteiger charge is 2.23. The Balaban J connectivity index is 2.53. The van der Waals surface area contributed by atoms with Gasteiger partial charge in [0.2, 0.25) is 0 Å². The molecule has 1 aromatic carbocycles. The van der Waals surface area contributed by atoms with Gasteiger partial charge >= 0.3 is 0 Å². The predicted molar refractivity (Wildman–Crippen MR) is 62.1 cm³/mol. The number of nitrogens with one attached hydrogen (secondary N) is 1. The van der Waals surface area contributed by atoms with Gasteiger partial charge in [0.1, 0.15) is 5.75 Å². The third-order valence-corrected chi connectivity index (χ3v) is 3.09. The molecule has 0 saturated carbocycles. The van der Waals surface area contributed by atoms with E-state index >= 15 is 0 Å². The number of fused-ring (bicyclic) bond motifs is 1. The second kappa shape index (κ2) is 4.11. The van der Waals surface area contributed by atoms with Gasteiger partial charge in [-0.1, -0.05) is 6.92 Å². The van der Waals surface area contributed by atoms with Crippen molar-refractivity contribution in [3.63, 3.8) is 0 Å². The average molecular weight is 206 g/mol. The summed E-state index contributed by atoms with van der Waals surface area (Å²) in [6.45, 7) is 3.18. The number of nitrogen functional groups attached to an aromatic ring is 1. The summed E-state index contributed by atoms with van der Waals surface area (Å²) in [7, 11) is 1.72. The van der Waals surface area contributed by atoms with Crippen LogP contribution >= 0.6 is 0 Å². The highest BCUT2D eigenvalue weighted by molar-refractivity contribution is 5.58. The van der Waals surface area contributed by atoms with Crippen LogP contribution in [0.25, 0.3) is 0 Å². The van der Waals surface area contributed by atoms with Crippen LogP contribution in [0.2, 0.25) is 0 Å². The van der Waals surface area contributed by atoms with Crippen LogP contribution in [0.5, 0.6) is 5.75 Å². The van der Waals surface area contributed by atoms with Gasteiger partial charge in [-0.15, -0.1) is 0 Å². The fraction of sp³-hybridized carbons (Fsp3) is 0.500. The lowest BCUT2D eigenvalue weighted by Crippen LogP contribution is -2.30. The van der Waals surface area contributed by atoms with E-state index < -0.39 is 0 Å². The maximum Gasteiger partial charge on any atom is 0.122 e. The number of ether oxygens (including phenoxy) is 1. The van der Waals surface area contributed by atoms with E-state index in [1.807, 2.05) is 12.1 Å². The van der Waals surface area contributed by atoms with E-state index in [1.165, 1.54) is 11.1 Å². The fourth-order valence-corrected chi connectivity index (χ4v) is 2.35. The molecule has 0 spiro atoms. The summed E-state index contributed by atoms with van der Waals surface area (Å²) in [5, 5.41) is 3.48. The number of methoxy groups -OCH3 is 1. The molecule has 1 heterocycles. The van der Waals surface area contributed by atoms with Gasteiger partial charge in [-0.2, -0.15) is 0 Å². The lowest BCUT2D eigenvalue weighted by Gasteiger charge is -2.28. The molecule has 0 aliphatic carbocycles. The van der Waals surface area contributed by atoms with Crippen molar-refractivity contribution in [2.75, 3.05) is 19.4 Å². The highest BCUT2D eigenvalue weighted by atomic mass is 16.5. The minimum Gasteiger partial charge on any atom is -0.496 e. The zero-order valence-corrected chi connectivity index (χ0v) is 9.34. The summed E-state index contributed by atoms with van der Waals surface area (Å²) < 4.78 is 5.38. The van der Waals surface area contributed by atoms with Gasteiger partial charge in [-0.25, -0.2) is 0 Å². The van der Waals surface area contributed by atoms with E-state index in [4.69, 9.17) is 10.5 Å². The zero-order chi connectivity index (χ0) is 10.8. The second-order valence-electron chi connectivity index (χ2n) is 3.91. The molecule has 1 unspecified atom stereocenters. The van der Waals surface area contributed by atoms with E-state index in [-0.39, 0.29) is 0 Å². The summed E-state index contributed by atoms with van der Waals surface area (Å²) in [5.41, 5.74) is 9.43. The molecule has 82 valence electrons. The molecule has 0 aromatic heterocycles. The van der Waals surface area contributed by atoms with Gasteiger partial charge in [0.15, 0.2) is 0 Å². The molecule has 3 heteroatoms. The van der Waals surface area contributed by atoms with Gasteiger partial charge in [0.25, 0.3) is 0 Å². The quantitative estimate of drug-likeness (QED) is 0.726. The molecule has 0 saturated heterocycles. The van der Waals surface area contributed by atoms with Crippen LogP contribution in [0, 0.1) is 0 Å². The van der Waals surface area contributed by atoms with E-state index in [1.54, 1.807) is 7.11 Å². The molecule has 1 aliphatic rings. The van der Waals surface area contributed by atoms with Crippen molar-refractivity contribution in [1.82, 2.24) is 5.32 Å². The van der Waals surface area contributed by atoms with Crippen LogP contribution in [0.1, 0.15) is 30.5 Å². The predicted octanol–water partition coefficient (Wildman–Crippen LogP) is 1.87. The lowest BCUT2D eigenvalue weighted by molar-refractivity contribution is 0.400. The molecular formula is C12H18N2O. The summed E-state index contributed by atoms with van der Waals surface area (Å²) in [6, 6.07) is 4.28. The fourth-order valence-electron chi connectivity index (χ4n) is 2.35. The Morgan fingerprint density at radius 3 is 3.00 bits per heavy atom. The minimum absolute atomic E-state index is 0.379. The Kier molecular flexibility index (Phi) is 2.82. The van der Waals surface area contributed by atoms with Crippen molar-refractivity contribution in [2.24, 2.45) is 0 Å². The van der Waals surface area contributed by atoms with Gasteiger partial charge in [-0.3, -0.25) is 0 Å². The molecule has 0 amide bonds. The normalized spacial score (nSPS) is 19.7. The van der Waals surface area contributed by atoms with Crippen LogP contribution in [0.15, 0.2) is 12.1 Å². The first kappa shape index (κ1) is 10.3. The van der Waals surface area contributed by atoms with E-state index in [9.17, 15) is 0 Å². The largest absolute Gasteiger partial charge is 0.496 e. The van der Waals surface area contributed by atoms with Gasteiger partial charge in [0.05, 0.1) is 7.11 Å². The molecule has 1 aromatic rings. The SMILES string of the molecule is CCC1NCCc2c(OC)ccc(N)c21. The Bertz CT molecular complexity index is 363. The van der Waals surface area contributed by atoms with E-state index in [0.29, 0.717) is 6.04 Å². The maximum absolute atomic E-state index is 6.04. The maximum atomic E-state index is 6.04. The van der Waals surface area contributed by atoms with Crippen LogP contribution in [-0.4, -0.2) is 13.7 Å². The molecule has 15 heavy (non-hydrogen) atoms. The van der Waals surface area contributed by atoms with Crippen molar-refractivity contribution in [2.45, 2.75) is 25.8 Å². The molecule has 1 atom stereocenters. The van der Waals surface area contributed by atoms with E-state index in [2.05, 4.69) is 12.2 Å². The number of rotatable bonds is 2. The second-order valence-corrected chi connectivity index (χ2v) is 3.91. The van der Waals surface area contributed by atoms with Crippen molar-refractivity contribution in [3.8, 4) is 5.75 Å². The first-order valence-electron chi connectivity index (χ1n) is 5.46. The molecule has 3 nitrogen and oxygen atoms in total. The molecule has 2 rings (SSSR count). The Hall–Kier alpha value is -1.22. The molecule has 0 bridgehead atoms. The lowest BCUT2D eigenvalue weighted by atomic mass is 9.90. The standard InChI is InChI=1S/C12H18N2O/c1-3-10-12-8(6-7-14-10)11(15-2)5-4-9(12)13/h4-5,10,14H,3,6-7,13H2,1-2H3. The molecular weight excluding hydrogens is 188 g/mol. The Morgan fingerprint density at radius 1 is 1.53 bits per heavy atom. The number of nitrogens with two attached hydrogens (primary N) is 1. The minimum atomic E-state index is 0.379. The monoisotopic (exact) mass is 206 g/mol. The van der Waals surface area contributed by atoms with Crippen molar-refractivity contribution < 1.29 is 4.74 Å². The van der Waals surface area contributed by atoms with Gasteiger partial charge in [-0.05, 0) is 37.1 Å². The summed E-state index contributed by atoms with van der Waals surface area (Å²) in [6.07, 6.45) is 2.06. The van der Waals surface area contributed by atoms with Crippen LogP contribution < -0.4 is 15.8 Å². The van der Waals surface area contributed by atoms with Crippen LogP contribution in [-0.2, 0) is 6.42 Å². The Labute approximate surface area is 90.6 Å². The first-order valence-corrected chi connectivity index (χ1v) is 5.46. The molecule has 1 aliphatic heterocycles. The smallest absolute Gasteiger partial charge is 0.122 e. The Morgan fingerprint density at radius 2 is 2.33 bits per heavy atom. The van der Waals surface area contributed by atoms with E-state index in [0.717, 1.165) is 30.8 Å². The number of benzene rings is 1. The first-order chi connectivity index (χ1) is 7.27. The zero-order valence-electron chi connectivity index (χ0n) is 9.34. The number of anilines is 1. The van der Waals surface area contributed by atoms with Crippen LogP contribution in [0.4, 0.5) is 5.69 Å². The molecule has 3 N–H and O–H groups in total. The molecule has 0 radical (unpaired) electrons. The summed E-state index contributed by atoms with van der Waals surface area (Å²) in [4.78, 5) is 0. The summed E-state index contributed by atoms with van der Waals surface area (Å²) >= 11 is 0. The van der Waals surface area contributed by atoms with Crippen molar-refractivity contribution in [3.05, 3.63) is 23.3 Å². The topological polar surface area (TPSA) is 47.3 Å². The third kappa shape index (κ3) is 1.67. The van der Waals surface area contributed by atoms with Gasteiger partial charge in [0, 0.05) is 17.3 Å². The third-order valence-electron chi connectivity index (χ3n) is 3.09. The number of hydrogen-bond acceptors (Lipinski definition) is 3. The number of hydrogen-bond donors (Lipinski definition) is 2. The average Bonchev–Trinajstić information content (AvgIpc) is 2.29. The highest BCUT2D eigenvalue weighted by Crippen LogP contribution is 2.35. The van der Waals surface area contributed by atoms with Gasteiger partial charge < -0.3 is 15.8 Å². The summed E-state index contributed by atoms with van der Waals surface area (Å²) in [5.74, 6) is 0.971. The van der Waals surface area contributed by atoms with Crippen molar-refractivity contribution >= 4 is 5.69 Å². The van der Waals surface area contributed by atoms with Crippen LogP contribution in [0.3, 0.4) is 0 Å². The van der Waals surface area contributed by atoms with Crippen molar-refractivity contribution in [1.29, 1.82) is 0 Å².